The van der Waals surface area contributed by atoms with Gasteiger partial charge in [-0.2, -0.15) is 0 Å². The van der Waals surface area contributed by atoms with Gasteiger partial charge in [0.05, 0.1) is 0 Å². The molecule has 4 heteroatoms. The van der Waals surface area contributed by atoms with Crippen molar-refractivity contribution < 1.29 is 0 Å². The second kappa shape index (κ2) is 11.7. The number of imidazole rings is 2. The summed E-state index contributed by atoms with van der Waals surface area (Å²) in [4.78, 5) is 9.49. The predicted octanol–water partition coefficient (Wildman–Crippen LogP) is 9.18. The maximum absolute atomic E-state index is 4.82. The van der Waals surface area contributed by atoms with Crippen molar-refractivity contribution in [2.24, 2.45) is 7.05 Å². The fourth-order valence-corrected chi connectivity index (χ4v) is 6.52. The molecule has 0 N–H and O–H groups in total. The van der Waals surface area contributed by atoms with Gasteiger partial charge >= 0.3 is 0 Å². The lowest BCUT2D eigenvalue weighted by atomic mass is 9.70. The molecule has 5 rings (SSSR count). The zero-order chi connectivity index (χ0) is 26.5. The third-order valence-electron chi connectivity index (χ3n) is 8.58. The van der Waals surface area contributed by atoms with Crippen LogP contribution in [0.2, 0.25) is 0 Å². The van der Waals surface area contributed by atoms with E-state index >= 15 is 0 Å². The van der Waals surface area contributed by atoms with Gasteiger partial charge in [0.15, 0.2) is 0 Å². The molecule has 4 nitrogen and oxygen atoms in total. The quantitative estimate of drug-likeness (QED) is 0.169. The number of aromatic nitrogens is 4. The molecule has 0 saturated carbocycles. The first-order valence-corrected chi connectivity index (χ1v) is 14.9. The number of fused-ring (bicyclic) bond motifs is 3. The minimum absolute atomic E-state index is 0.0883. The Morgan fingerprint density at radius 1 is 0.658 bits per heavy atom. The Balaban J connectivity index is 1.62. The van der Waals surface area contributed by atoms with Crippen LogP contribution in [0.25, 0.3) is 33.9 Å². The molecule has 0 saturated heterocycles. The smallest absolute Gasteiger partial charge is 0.139 e. The summed E-state index contributed by atoms with van der Waals surface area (Å²) in [5, 5.41) is 0. The van der Waals surface area contributed by atoms with Crippen molar-refractivity contribution in [3.05, 3.63) is 72.3 Å². The number of benzene rings is 2. The molecule has 0 spiro atoms. The summed E-state index contributed by atoms with van der Waals surface area (Å²) in [6, 6.07) is 14.3. The Morgan fingerprint density at radius 3 is 1.82 bits per heavy atom. The molecule has 0 amide bonds. The van der Waals surface area contributed by atoms with Crippen LogP contribution in [0.5, 0.6) is 0 Å². The highest BCUT2D eigenvalue weighted by Gasteiger charge is 2.42. The molecular formula is C34H44N4. The molecule has 1 aliphatic carbocycles. The van der Waals surface area contributed by atoms with Crippen LogP contribution >= 0.6 is 0 Å². The number of rotatable bonds is 13. The fraction of sp³-hybridized carbons (Fsp3) is 0.471. The first-order valence-electron chi connectivity index (χ1n) is 14.9. The molecular weight excluding hydrogens is 464 g/mol. The maximum atomic E-state index is 4.82. The largest absolute Gasteiger partial charge is 0.334 e. The van der Waals surface area contributed by atoms with Crippen molar-refractivity contribution in [1.29, 1.82) is 0 Å². The topological polar surface area (TPSA) is 35.6 Å². The van der Waals surface area contributed by atoms with Crippen LogP contribution in [-0.2, 0) is 19.0 Å². The zero-order valence-corrected chi connectivity index (χ0v) is 23.8. The first-order chi connectivity index (χ1) is 18.6. The second-order valence-corrected chi connectivity index (χ2v) is 11.2. The van der Waals surface area contributed by atoms with Crippen LogP contribution in [0.15, 0.2) is 61.2 Å². The van der Waals surface area contributed by atoms with Crippen LogP contribution < -0.4 is 0 Å². The van der Waals surface area contributed by atoms with Crippen molar-refractivity contribution in [2.75, 3.05) is 0 Å². The molecule has 0 aliphatic heterocycles. The molecule has 2 aromatic heterocycles. The Morgan fingerprint density at radius 2 is 1.24 bits per heavy atom. The van der Waals surface area contributed by atoms with Crippen molar-refractivity contribution in [3.8, 4) is 33.9 Å². The van der Waals surface area contributed by atoms with Gasteiger partial charge in [0.1, 0.15) is 11.6 Å². The third-order valence-corrected chi connectivity index (χ3v) is 8.58. The maximum Gasteiger partial charge on any atom is 0.139 e. The van der Waals surface area contributed by atoms with Gasteiger partial charge in [-0.05, 0) is 53.6 Å². The molecule has 1 aliphatic rings. The summed E-state index contributed by atoms with van der Waals surface area (Å²) in [5.74, 6) is 2.11. The van der Waals surface area contributed by atoms with E-state index in [0.29, 0.717) is 0 Å². The molecule has 0 unspecified atom stereocenters. The molecule has 0 atom stereocenters. The average molecular weight is 509 g/mol. The summed E-state index contributed by atoms with van der Waals surface area (Å²) in [5.41, 5.74) is 8.29. The van der Waals surface area contributed by atoms with E-state index in [-0.39, 0.29) is 5.41 Å². The lowest BCUT2D eigenvalue weighted by Gasteiger charge is -2.32. The Labute approximate surface area is 229 Å². The van der Waals surface area contributed by atoms with E-state index in [4.69, 9.17) is 4.98 Å². The van der Waals surface area contributed by atoms with Gasteiger partial charge in [0, 0.05) is 54.9 Å². The fourth-order valence-electron chi connectivity index (χ4n) is 6.52. The SMILES string of the molecule is CCCCCCn1ccnc1-c1ccc2c(c1)-c1cc(-c3nccn3C)ccc1C2(CCCC)CCCC. The standard InChI is InChI=1S/C34H44N4/c1-5-8-11-12-21-38-23-20-36-33(38)27-14-16-31-29(25-27)28-24-26(32-35-19-22-37(32)4)13-15-30(28)34(31,17-9-6-2)18-10-7-3/h13-16,19-20,22-25H,5-12,17-18,21H2,1-4H3. The molecule has 38 heavy (non-hydrogen) atoms. The minimum atomic E-state index is 0.0883. The van der Waals surface area contributed by atoms with Gasteiger partial charge < -0.3 is 9.13 Å². The van der Waals surface area contributed by atoms with Gasteiger partial charge in [-0.15, -0.1) is 0 Å². The Bertz CT molecular complexity index is 1350. The highest BCUT2D eigenvalue weighted by molar-refractivity contribution is 5.86. The molecule has 0 bridgehead atoms. The summed E-state index contributed by atoms with van der Waals surface area (Å²) in [6.45, 7) is 7.93. The monoisotopic (exact) mass is 508 g/mol. The van der Waals surface area contributed by atoms with Gasteiger partial charge in [-0.25, -0.2) is 9.97 Å². The second-order valence-electron chi connectivity index (χ2n) is 11.2. The van der Waals surface area contributed by atoms with Gasteiger partial charge in [-0.3, -0.25) is 0 Å². The third kappa shape index (κ3) is 4.86. The van der Waals surface area contributed by atoms with Gasteiger partial charge in [-0.1, -0.05) is 90.0 Å². The van der Waals surface area contributed by atoms with Crippen molar-refractivity contribution in [1.82, 2.24) is 19.1 Å². The van der Waals surface area contributed by atoms with E-state index in [9.17, 15) is 0 Å². The highest BCUT2D eigenvalue weighted by atomic mass is 15.1. The van der Waals surface area contributed by atoms with E-state index in [1.54, 1.807) is 0 Å². The van der Waals surface area contributed by atoms with Gasteiger partial charge in [0.2, 0.25) is 0 Å². The van der Waals surface area contributed by atoms with Crippen LogP contribution in [0.1, 0.15) is 96.1 Å². The van der Waals surface area contributed by atoms with Crippen molar-refractivity contribution >= 4 is 0 Å². The first kappa shape index (κ1) is 26.5. The lowest BCUT2D eigenvalue weighted by molar-refractivity contribution is 0.414. The summed E-state index contributed by atoms with van der Waals surface area (Å²) in [6.07, 6.45) is 20.4. The minimum Gasteiger partial charge on any atom is -0.334 e. The van der Waals surface area contributed by atoms with Crippen molar-refractivity contribution in [3.63, 3.8) is 0 Å². The number of aryl methyl sites for hydroxylation is 2. The molecule has 2 aromatic carbocycles. The van der Waals surface area contributed by atoms with E-state index in [1.807, 2.05) is 18.6 Å². The van der Waals surface area contributed by atoms with Crippen LogP contribution in [0.4, 0.5) is 0 Å². The Hall–Kier alpha value is -3.14. The van der Waals surface area contributed by atoms with Crippen LogP contribution in [0, 0.1) is 0 Å². The van der Waals surface area contributed by atoms with E-state index < -0.39 is 0 Å². The summed E-state index contributed by atoms with van der Waals surface area (Å²) < 4.78 is 4.46. The highest BCUT2D eigenvalue weighted by Crippen LogP contribution is 2.55. The number of hydrogen-bond acceptors (Lipinski definition) is 2. The van der Waals surface area contributed by atoms with Crippen LogP contribution in [0.3, 0.4) is 0 Å². The molecule has 0 fully saturated rings. The molecule has 200 valence electrons. The predicted molar refractivity (Wildman–Crippen MR) is 159 cm³/mol. The lowest BCUT2D eigenvalue weighted by Crippen LogP contribution is -2.25. The molecule has 2 heterocycles. The molecule has 0 radical (unpaired) electrons. The van der Waals surface area contributed by atoms with Crippen LogP contribution in [-0.4, -0.2) is 19.1 Å². The van der Waals surface area contributed by atoms with Gasteiger partial charge in [0.25, 0.3) is 0 Å². The Kier molecular flexibility index (Phi) is 8.16. The van der Waals surface area contributed by atoms with E-state index in [2.05, 4.69) is 84.5 Å². The normalized spacial score (nSPS) is 13.6. The van der Waals surface area contributed by atoms with E-state index in [0.717, 1.165) is 18.2 Å². The van der Waals surface area contributed by atoms with Crippen molar-refractivity contribution in [2.45, 2.75) is 96.9 Å². The molecule has 4 aromatic rings. The number of nitrogens with zero attached hydrogens (tertiary/aromatic N) is 4. The number of hydrogen-bond donors (Lipinski definition) is 0. The zero-order valence-electron chi connectivity index (χ0n) is 23.8. The number of unbranched alkanes of at least 4 members (excludes halogenated alkanes) is 5. The average Bonchev–Trinajstić information content (AvgIpc) is 3.65. The summed E-state index contributed by atoms with van der Waals surface area (Å²) >= 11 is 0. The van der Waals surface area contributed by atoms with E-state index in [1.165, 1.54) is 97.6 Å². The summed E-state index contributed by atoms with van der Waals surface area (Å²) in [7, 11) is 2.08.